The minimum Gasteiger partial charge on any atom is -0.395 e. The molecule has 2 heteroatoms. The van der Waals surface area contributed by atoms with Crippen LogP contribution in [0.4, 0.5) is 0 Å². The van der Waals surface area contributed by atoms with Gasteiger partial charge in [-0.15, -0.1) is 0 Å². The molecule has 0 amide bonds. The summed E-state index contributed by atoms with van der Waals surface area (Å²) in [5.74, 6) is 5.85. The largest absolute Gasteiger partial charge is 0.395 e. The number of Topliss-reactive ketones (excluding diaryl/α,β-unsaturated/α-hetero) is 1. The summed E-state index contributed by atoms with van der Waals surface area (Å²) >= 11 is 0. The number of hydrogen-bond acceptors (Lipinski definition) is 2. The Kier molecular flexibility index (Phi) is 4.59. The van der Waals surface area contributed by atoms with E-state index in [1.165, 1.54) is 0 Å². The molecule has 1 N–H and O–H groups in total. The van der Waals surface area contributed by atoms with Gasteiger partial charge in [0.25, 0.3) is 0 Å². The SMILES string of the molecule is CCC(=O)c1cccc(C#CCCO)c1. The van der Waals surface area contributed by atoms with Gasteiger partial charge in [0.1, 0.15) is 0 Å². The molecule has 1 aromatic carbocycles. The van der Waals surface area contributed by atoms with Gasteiger partial charge in [-0.1, -0.05) is 30.9 Å². The van der Waals surface area contributed by atoms with Gasteiger partial charge in [-0.3, -0.25) is 4.79 Å². The fraction of sp³-hybridized carbons (Fsp3) is 0.308. The van der Waals surface area contributed by atoms with Crippen molar-refractivity contribution in [2.45, 2.75) is 19.8 Å². The molecule has 2 nitrogen and oxygen atoms in total. The van der Waals surface area contributed by atoms with Gasteiger partial charge in [-0.05, 0) is 12.1 Å². The van der Waals surface area contributed by atoms with Crippen molar-refractivity contribution in [1.82, 2.24) is 0 Å². The molecule has 0 fully saturated rings. The minimum absolute atomic E-state index is 0.0700. The molecule has 0 spiro atoms. The molecule has 15 heavy (non-hydrogen) atoms. The summed E-state index contributed by atoms with van der Waals surface area (Å²) < 4.78 is 0. The Morgan fingerprint density at radius 1 is 1.47 bits per heavy atom. The highest BCUT2D eigenvalue weighted by Gasteiger charge is 2.01. The third-order valence-corrected chi connectivity index (χ3v) is 1.98. The van der Waals surface area contributed by atoms with Crippen LogP contribution >= 0.6 is 0 Å². The van der Waals surface area contributed by atoms with E-state index in [2.05, 4.69) is 11.8 Å². The van der Waals surface area contributed by atoms with Crippen LogP contribution < -0.4 is 0 Å². The predicted octanol–water partition coefficient (Wildman–Crippen LogP) is 2.01. The van der Waals surface area contributed by atoms with Crippen LogP contribution in [0.1, 0.15) is 35.7 Å². The maximum atomic E-state index is 11.4. The van der Waals surface area contributed by atoms with Crippen LogP contribution in [0, 0.1) is 11.8 Å². The average Bonchev–Trinajstić information content (AvgIpc) is 2.29. The molecule has 0 heterocycles. The Labute approximate surface area is 89.9 Å². The molecule has 1 rings (SSSR count). The van der Waals surface area contributed by atoms with E-state index in [1.807, 2.05) is 19.1 Å². The van der Waals surface area contributed by atoms with E-state index >= 15 is 0 Å². The van der Waals surface area contributed by atoms with Gasteiger partial charge in [0.15, 0.2) is 5.78 Å². The van der Waals surface area contributed by atoms with Crippen LogP contribution in [0.15, 0.2) is 24.3 Å². The van der Waals surface area contributed by atoms with Gasteiger partial charge < -0.3 is 5.11 Å². The van der Waals surface area contributed by atoms with E-state index in [0.29, 0.717) is 18.4 Å². The van der Waals surface area contributed by atoms with Crippen molar-refractivity contribution in [3.8, 4) is 11.8 Å². The van der Waals surface area contributed by atoms with Gasteiger partial charge in [0.2, 0.25) is 0 Å². The van der Waals surface area contributed by atoms with Gasteiger partial charge in [-0.2, -0.15) is 0 Å². The van der Waals surface area contributed by atoms with Crippen LogP contribution in [0.5, 0.6) is 0 Å². The summed E-state index contributed by atoms with van der Waals surface area (Å²) in [7, 11) is 0. The fourth-order valence-electron chi connectivity index (χ4n) is 1.19. The highest BCUT2D eigenvalue weighted by atomic mass is 16.2. The summed E-state index contributed by atoms with van der Waals surface area (Å²) in [5, 5.41) is 8.57. The van der Waals surface area contributed by atoms with Crippen molar-refractivity contribution in [3.05, 3.63) is 35.4 Å². The number of aliphatic hydroxyl groups excluding tert-OH is 1. The van der Waals surface area contributed by atoms with E-state index in [1.54, 1.807) is 12.1 Å². The van der Waals surface area contributed by atoms with Crippen molar-refractivity contribution in [2.24, 2.45) is 0 Å². The van der Waals surface area contributed by atoms with Gasteiger partial charge in [0.05, 0.1) is 6.61 Å². The topological polar surface area (TPSA) is 37.3 Å². The number of carbonyl (C=O) groups is 1. The monoisotopic (exact) mass is 202 g/mol. The Morgan fingerprint density at radius 2 is 2.27 bits per heavy atom. The van der Waals surface area contributed by atoms with E-state index in [4.69, 9.17) is 5.11 Å². The zero-order chi connectivity index (χ0) is 11.1. The second kappa shape index (κ2) is 6.00. The number of hydrogen-bond donors (Lipinski definition) is 1. The maximum Gasteiger partial charge on any atom is 0.162 e. The molecular weight excluding hydrogens is 188 g/mol. The Morgan fingerprint density at radius 3 is 2.93 bits per heavy atom. The molecule has 1 aromatic rings. The third kappa shape index (κ3) is 3.57. The maximum absolute atomic E-state index is 11.4. The van der Waals surface area contributed by atoms with Crippen molar-refractivity contribution in [3.63, 3.8) is 0 Å². The quantitative estimate of drug-likeness (QED) is 0.601. The smallest absolute Gasteiger partial charge is 0.162 e. The minimum atomic E-state index is 0.0700. The van der Waals surface area contributed by atoms with Crippen molar-refractivity contribution in [1.29, 1.82) is 0 Å². The lowest BCUT2D eigenvalue weighted by molar-refractivity contribution is 0.0988. The lowest BCUT2D eigenvalue weighted by Gasteiger charge is -1.97. The summed E-state index contributed by atoms with van der Waals surface area (Å²) in [6, 6.07) is 7.27. The van der Waals surface area contributed by atoms with Gasteiger partial charge in [0, 0.05) is 24.0 Å². The first-order valence-corrected chi connectivity index (χ1v) is 5.01. The van der Waals surface area contributed by atoms with Crippen LogP contribution in [0.2, 0.25) is 0 Å². The number of rotatable bonds is 3. The zero-order valence-electron chi connectivity index (χ0n) is 8.79. The van der Waals surface area contributed by atoms with E-state index in [9.17, 15) is 4.79 Å². The predicted molar refractivity (Wildman–Crippen MR) is 59.6 cm³/mol. The summed E-state index contributed by atoms with van der Waals surface area (Å²) in [4.78, 5) is 11.4. The first kappa shape index (κ1) is 11.5. The molecule has 0 atom stereocenters. The standard InChI is InChI=1S/C13H14O2/c1-2-13(15)12-8-5-7-11(10-12)6-3-4-9-14/h5,7-8,10,14H,2,4,9H2,1H3. The van der Waals surface area contributed by atoms with Crippen molar-refractivity contribution >= 4 is 5.78 Å². The van der Waals surface area contributed by atoms with Crippen LogP contribution in [-0.4, -0.2) is 17.5 Å². The molecule has 0 saturated carbocycles. The molecule has 0 radical (unpaired) electrons. The molecule has 0 bridgehead atoms. The molecule has 0 aliphatic rings. The highest BCUT2D eigenvalue weighted by Crippen LogP contribution is 2.06. The molecule has 0 aliphatic heterocycles. The van der Waals surface area contributed by atoms with Crippen LogP contribution in [0.25, 0.3) is 0 Å². The first-order chi connectivity index (χ1) is 7.27. The fourth-order valence-corrected chi connectivity index (χ4v) is 1.19. The van der Waals surface area contributed by atoms with Gasteiger partial charge in [-0.25, -0.2) is 0 Å². The second-order valence-electron chi connectivity index (χ2n) is 3.13. The Bertz CT molecular complexity index is 396. The van der Waals surface area contributed by atoms with Crippen molar-refractivity contribution < 1.29 is 9.90 Å². The Balaban J connectivity index is 2.84. The summed E-state index contributed by atoms with van der Waals surface area (Å²) in [6.07, 6.45) is 0.972. The summed E-state index contributed by atoms with van der Waals surface area (Å²) in [5.41, 5.74) is 1.52. The molecule has 0 aromatic heterocycles. The van der Waals surface area contributed by atoms with Crippen LogP contribution in [0.3, 0.4) is 0 Å². The lowest BCUT2D eigenvalue weighted by Crippen LogP contribution is -1.96. The zero-order valence-corrected chi connectivity index (χ0v) is 8.79. The van der Waals surface area contributed by atoms with E-state index in [-0.39, 0.29) is 12.4 Å². The first-order valence-electron chi connectivity index (χ1n) is 5.01. The molecule has 78 valence electrons. The van der Waals surface area contributed by atoms with E-state index < -0.39 is 0 Å². The molecular formula is C13H14O2. The average molecular weight is 202 g/mol. The highest BCUT2D eigenvalue weighted by molar-refractivity contribution is 5.96. The molecule has 0 saturated heterocycles. The summed E-state index contributed by atoms with van der Waals surface area (Å²) in [6.45, 7) is 1.91. The Hall–Kier alpha value is -1.59. The molecule has 0 aliphatic carbocycles. The lowest BCUT2D eigenvalue weighted by atomic mass is 10.1. The number of benzene rings is 1. The van der Waals surface area contributed by atoms with Crippen molar-refractivity contribution in [2.75, 3.05) is 6.61 Å². The number of ketones is 1. The molecule has 0 unspecified atom stereocenters. The second-order valence-corrected chi connectivity index (χ2v) is 3.13. The number of aliphatic hydroxyl groups is 1. The van der Waals surface area contributed by atoms with Gasteiger partial charge >= 0.3 is 0 Å². The van der Waals surface area contributed by atoms with Crippen LogP contribution in [-0.2, 0) is 0 Å². The normalized spacial score (nSPS) is 9.20. The number of carbonyl (C=O) groups excluding carboxylic acids is 1. The van der Waals surface area contributed by atoms with E-state index in [0.717, 1.165) is 5.56 Å². The third-order valence-electron chi connectivity index (χ3n) is 1.98.